The van der Waals surface area contributed by atoms with E-state index in [0.717, 1.165) is 6.42 Å². The SMILES string of the molecule is CCCCN(C(=O)[C@@H]1CS[C@]2(C)CCC(=O)N12)c1c(N)n(CCC)c(=O)[nH]c1=O. The van der Waals surface area contributed by atoms with Gasteiger partial charge in [-0.25, -0.2) is 4.79 Å². The molecule has 0 aliphatic carbocycles. The lowest BCUT2D eigenvalue weighted by Crippen LogP contribution is -2.53. The van der Waals surface area contributed by atoms with Crippen molar-refractivity contribution in [1.29, 1.82) is 0 Å². The van der Waals surface area contributed by atoms with Gasteiger partial charge < -0.3 is 15.5 Å². The molecule has 3 N–H and O–H groups in total. The third-order valence-corrected chi connectivity index (χ3v) is 7.17. The number of fused-ring (bicyclic) bond motifs is 1. The molecule has 2 saturated heterocycles. The minimum atomic E-state index is -0.675. The van der Waals surface area contributed by atoms with Crippen LogP contribution in [0.2, 0.25) is 0 Å². The summed E-state index contributed by atoms with van der Waals surface area (Å²) in [5.74, 6) is 0.120. The Morgan fingerprint density at radius 3 is 2.69 bits per heavy atom. The van der Waals surface area contributed by atoms with Crippen molar-refractivity contribution in [2.24, 2.45) is 0 Å². The largest absolute Gasteiger partial charge is 0.383 e. The molecule has 0 radical (unpaired) electrons. The smallest absolute Gasteiger partial charge is 0.330 e. The Morgan fingerprint density at radius 1 is 1.31 bits per heavy atom. The first kappa shape index (κ1) is 21.5. The first-order valence-corrected chi connectivity index (χ1v) is 11.1. The third-order valence-electron chi connectivity index (χ3n) is 5.66. The number of hydrogen-bond donors (Lipinski definition) is 2. The van der Waals surface area contributed by atoms with Crippen molar-refractivity contribution in [3.05, 3.63) is 20.8 Å². The molecule has 29 heavy (non-hydrogen) atoms. The monoisotopic (exact) mass is 423 g/mol. The Morgan fingerprint density at radius 2 is 2.03 bits per heavy atom. The van der Waals surface area contributed by atoms with E-state index in [9.17, 15) is 19.2 Å². The number of thioether (sulfide) groups is 1. The zero-order valence-electron chi connectivity index (χ0n) is 17.2. The number of rotatable bonds is 7. The fourth-order valence-corrected chi connectivity index (χ4v) is 5.54. The van der Waals surface area contributed by atoms with Crippen molar-refractivity contribution in [3.63, 3.8) is 0 Å². The molecule has 2 amide bonds. The molecule has 0 spiro atoms. The summed E-state index contributed by atoms with van der Waals surface area (Å²) in [6, 6.07) is -0.637. The molecule has 0 bridgehead atoms. The summed E-state index contributed by atoms with van der Waals surface area (Å²) in [7, 11) is 0. The Bertz CT molecular complexity index is 926. The minimum Gasteiger partial charge on any atom is -0.383 e. The predicted molar refractivity (Wildman–Crippen MR) is 114 cm³/mol. The number of carbonyl (C=O) groups is 2. The molecule has 2 atom stereocenters. The van der Waals surface area contributed by atoms with E-state index in [4.69, 9.17) is 5.73 Å². The summed E-state index contributed by atoms with van der Waals surface area (Å²) in [6.07, 6.45) is 3.27. The summed E-state index contributed by atoms with van der Waals surface area (Å²) < 4.78 is 1.29. The summed E-state index contributed by atoms with van der Waals surface area (Å²) in [5, 5.41) is 0. The van der Waals surface area contributed by atoms with E-state index in [-0.39, 0.29) is 28.2 Å². The zero-order valence-corrected chi connectivity index (χ0v) is 18.0. The lowest BCUT2D eigenvalue weighted by Gasteiger charge is -2.33. The lowest BCUT2D eigenvalue weighted by atomic mass is 10.1. The van der Waals surface area contributed by atoms with E-state index in [1.807, 2.05) is 20.8 Å². The highest BCUT2D eigenvalue weighted by Crippen LogP contribution is 2.47. The topological polar surface area (TPSA) is 121 Å². The molecule has 3 rings (SSSR count). The van der Waals surface area contributed by atoms with E-state index in [1.165, 1.54) is 9.47 Å². The number of hydrogen-bond acceptors (Lipinski definition) is 6. The maximum atomic E-state index is 13.6. The standard InChI is InChI=1S/C19H29N5O4S/c1-4-6-10-22(14-15(20)23(9-5-2)18(28)21-16(14)26)17(27)12-11-29-19(3)8-7-13(25)24(12)19/h12H,4-11,20H2,1-3H3,(H,21,26,28)/t12-,19+/m0/s1. The second-order valence-electron chi connectivity index (χ2n) is 7.75. The molecule has 0 saturated carbocycles. The number of aromatic amines is 1. The van der Waals surface area contributed by atoms with E-state index in [0.29, 0.717) is 44.5 Å². The van der Waals surface area contributed by atoms with Crippen molar-refractivity contribution < 1.29 is 9.59 Å². The maximum Gasteiger partial charge on any atom is 0.330 e. The maximum absolute atomic E-state index is 13.6. The number of H-pyrrole nitrogens is 1. The van der Waals surface area contributed by atoms with Crippen LogP contribution in [0, 0.1) is 0 Å². The molecular weight excluding hydrogens is 394 g/mol. The molecule has 0 aromatic carbocycles. The number of nitrogens with one attached hydrogen (secondary N) is 1. The van der Waals surface area contributed by atoms with Crippen LogP contribution < -0.4 is 21.9 Å². The summed E-state index contributed by atoms with van der Waals surface area (Å²) in [4.78, 5) is 55.8. The summed E-state index contributed by atoms with van der Waals surface area (Å²) in [5.41, 5.74) is 4.95. The Labute approximate surface area is 173 Å². The highest BCUT2D eigenvalue weighted by atomic mass is 32.2. The van der Waals surface area contributed by atoms with Gasteiger partial charge in [0, 0.05) is 25.3 Å². The summed E-state index contributed by atoms with van der Waals surface area (Å²) >= 11 is 1.60. The molecule has 9 nitrogen and oxygen atoms in total. The molecule has 3 heterocycles. The molecule has 1 aromatic heterocycles. The van der Waals surface area contributed by atoms with E-state index in [1.54, 1.807) is 16.7 Å². The first-order valence-electron chi connectivity index (χ1n) is 10.1. The molecule has 0 unspecified atom stereocenters. The van der Waals surface area contributed by atoms with Crippen LogP contribution in [0.3, 0.4) is 0 Å². The Hall–Kier alpha value is -2.23. The quantitative estimate of drug-likeness (QED) is 0.678. The number of nitrogens with two attached hydrogens (primary N) is 1. The van der Waals surface area contributed by atoms with Crippen LogP contribution >= 0.6 is 11.8 Å². The van der Waals surface area contributed by atoms with Crippen LogP contribution in [0.1, 0.15) is 52.9 Å². The molecule has 2 aliphatic heterocycles. The second kappa shape index (κ2) is 8.25. The molecule has 160 valence electrons. The first-order chi connectivity index (χ1) is 13.7. The van der Waals surface area contributed by atoms with E-state index < -0.39 is 17.3 Å². The number of carbonyl (C=O) groups excluding carboxylic acids is 2. The van der Waals surface area contributed by atoms with Crippen molar-refractivity contribution in [2.75, 3.05) is 22.9 Å². The normalized spacial score (nSPS) is 23.5. The highest BCUT2D eigenvalue weighted by molar-refractivity contribution is 8.01. The number of nitrogen functional groups attached to an aromatic ring is 1. The fourth-order valence-electron chi connectivity index (χ4n) is 4.12. The minimum absolute atomic E-state index is 0.00162. The van der Waals surface area contributed by atoms with Crippen molar-refractivity contribution >= 4 is 35.1 Å². The van der Waals surface area contributed by atoms with Crippen molar-refractivity contribution in [2.45, 2.75) is 70.3 Å². The highest BCUT2D eigenvalue weighted by Gasteiger charge is 2.53. The van der Waals surface area contributed by atoms with Gasteiger partial charge in [-0.1, -0.05) is 20.3 Å². The van der Waals surface area contributed by atoms with Gasteiger partial charge in [0.1, 0.15) is 11.9 Å². The van der Waals surface area contributed by atoms with Gasteiger partial charge in [0.05, 0.1) is 4.87 Å². The number of amides is 2. The van der Waals surface area contributed by atoms with Gasteiger partial charge in [0.15, 0.2) is 5.69 Å². The summed E-state index contributed by atoms with van der Waals surface area (Å²) in [6.45, 7) is 6.50. The van der Waals surface area contributed by atoms with Gasteiger partial charge in [-0.05, 0) is 26.2 Å². The number of aromatic nitrogens is 2. The molecular formula is C19H29N5O4S. The van der Waals surface area contributed by atoms with E-state index >= 15 is 0 Å². The number of nitrogens with zero attached hydrogens (tertiary/aromatic N) is 3. The van der Waals surface area contributed by atoms with Gasteiger partial charge in [0.2, 0.25) is 5.91 Å². The lowest BCUT2D eigenvalue weighted by molar-refractivity contribution is -0.136. The molecule has 2 fully saturated rings. The number of anilines is 2. The second-order valence-corrected chi connectivity index (χ2v) is 9.26. The van der Waals surface area contributed by atoms with Gasteiger partial charge in [-0.2, -0.15) is 0 Å². The van der Waals surface area contributed by atoms with Gasteiger partial charge >= 0.3 is 5.69 Å². The molecule has 10 heteroatoms. The van der Waals surface area contributed by atoms with Crippen LogP contribution in [-0.4, -0.2) is 49.5 Å². The van der Waals surface area contributed by atoms with Crippen LogP contribution in [0.4, 0.5) is 11.5 Å². The van der Waals surface area contributed by atoms with Crippen LogP contribution in [0.5, 0.6) is 0 Å². The predicted octanol–water partition coefficient (Wildman–Crippen LogP) is 1.12. The van der Waals surface area contributed by atoms with E-state index in [2.05, 4.69) is 4.98 Å². The average Bonchev–Trinajstić information content (AvgIpc) is 3.16. The third kappa shape index (κ3) is 3.70. The van der Waals surface area contributed by atoms with Crippen LogP contribution in [0.25, 0.3) is 0 Å². The number of unbranched alkanes of at least 4 members (excludes halogenated alkanes) is 1. The Kier molecular flexibility index (Phi) is 6.11. The van der Waals surface area contributed by atoms with Gasteiger partial charge in [0.25, 0.3) is 11.5 Å². The van der Waals surface area contributed by atoms with Gasteiger partial charge in [-0.15, -0.1) is 11.8 Å². The van der Waals surface area contributed by atoms with Crippen molar-refractivity contribution in [3.8, 4) is 0 Å². The molecule has 2 aliphatic rings. The van der Waals surface area contributed by atoms with Gasteiger partial charge in [-0.3, -0.25) is 23.9 Å². The van der Waals surface area contributed by atoms with Crippen molar-refractivity contribution in [1.82, 2.24) is 14.5 Å². The molecule has 1 aromatic rings. The zero-order chi connectivity index (χ0) is 21.3. The van der Waals surface area contributed by atoms with Crippen LogP contribution in [0.15, 0.2) is 9.59 Å². The fraction of sp³-hybridized carbons (Fsp3) is 0.684. The average molecular weight is 424 g/mol. The van der Waals surface area contributed by atoms with Crippen LogP contribution in [-0.2, 0) is 16.1 Å². The Balaban J connectivity index is 2.05.